The molecule has 3 heterocycles. The van der Waals surface area contributed by atoms with Crippen molar-refractivity contribution in [1.29, 1.82) is 0 Å². The molecule has 0 spiro atoms. The summed E-state index contributed by atoms with van der Waals surface area (Å²) in [4.78, 5) is 37.5. The van der Waals surface area contributed by atoms with Crippen LogP contribution in [0.25, 0.3) is 45.0 Å². The number of benzene rings is 4. The van der Waals surface area contributed by atoms with Crippen molar-refractivity contribution in [2.24, 2.45) is 10.9 Å². The van der Waals surface area contributed by atoms with Crippen LogP contribution >= 0.6 is 0 Å². The van der Waals surface area contributed by atoms with Gasteiger partial charge in [0.05, 0.1) is 25.3 Å². The van der Waals surface area contributed by atoms with Crippen LogP contribution in [0.5, 0.6) is 0 Å². The zero-order valence-corrected chi connectivity index (χ0v) is 30.8. The standard InChI is InChI=1S/C20H15FN2O4.C11H10O3.C9H9FN2O3/c1-10-4-5-11(2)17-14(10)9-16(26-17)19-22-18(23-27-19)12-6-7-13(15(21)8-12)20(24)25-3;1-6-3-4-7(2)10-8(6)5-9(14-10)11(12)13;1-15-9(13)6-3-2-5(4-7(6)10)8(11)12-14/h4-9H,1-3H3;3-5H,1-2H3,(H,12,13);2-4,14H,1H3,(H2,11,12). The highest BCUT2D eigenvalue weighted by atomic mass is 19.1. The fourth-order valence-electron chi connectivity index (χ4n) is 5.37. The first-order valence-corrected chi connectivity index (χ1v) is 16.5. The van der Waals surface area contributed by atoms with Crippen LogP contribution in [0.3, 0.4) is 0 Å². The largest absolute Gasteiger partial charge is 0.475 e. The number of methoxy groups -OCH3 is 2. The molecule has 7 rings (SSSR count). The minimum absolute atomic E-state index is 0.00241. The minimum Gasteiger partial charge on any atom is -0.475 e. The second kappa shape index (κ2) is 16.8. The van der Waals surface area contributed by atoms with E-state index in [1.54, 1.807) is 6.07 Å². The number of rotatable bonds is 6. The summed E-state index contributed by atoms with van der Waals surface area (Å²) in [5, 5.41) is 25.6. The van der Waals surface area contributed by atoms with Crippen LogP contribution < -0.4 is 5.73 Å². The fraction of sp³-hybridized carbons (Fsp3) is 0.150. The molecule has 0 unspecified atom stereocenters. The molecule has 0 radical (unpaired) electrons. The number of nitrogens with two attached hydrogens (primary N) is 1. The van der Waals surface area contributed by atoms with Gasteiger partial charge >= 0.3 is 17.9 Å². The van der Waals surface area contributed by atoms with E-state index in [2.05, 4.69) is 24.8 Å². The molecule has 0 bridgehead atoms. The Morgan fingerprint density at radius 1 is 0.732 bits per heavy atom. The number of aryl methyl sites for hydroxylation is 4. The molecule has 0 saturated carbocycles. The van der Waals surface area contributed by atoms with Gasteiger partial charge in [0.1, 0.15) is 22.8 Å². The van der Waals surface area contributed by atoms with Gasteiger partial charge in [0.25, 0.3) is 5.89 Å². The lowest BCUT2D eigenvalue weighted by atomic mass is 10.1. The van der Waals surface area contributed by atoms with Gasteiger partial charge in [0.2, 0.25) is 11.6 Å². The average molecular weight is 769 g/mol. The molecule has 4 aromatic carbocycles. The van der Waals surface area contributed by atoms with Crippen LogP contribution in [0.1, 0.15) is 59.1 Å². The molecule has 0 saturated heterocycles. The summed E-state index contributed by atoms with van der Waals surface area (Å²) >= 11 is 0. The normalized spacial score (nSPS) is 11.0. The highest BCUT2D eigenvalue weighted by molar-refractivity contribution is 5.98. The number of carbonyl (C=O) groups excluding carboxylic acids is 2. The number of hydrogen-bond acceptors (Lipinski definition) is 12. The maximum absolute atomic E-state index is 14.1. The van der Waals surface area contributed by atoms with Crippen molar-refractivity contribution >= 4 is 45.7 Å². The van der Waals surface area contributed by atoms with Crippen LogP contribution in [0.15, 0.2) is 91.3 Å². The van der Waals surface area contributed by atoms with Gasteiger partial charge in [0, 0.05) is 21.9 Å². The quantitative estimate of drug-likeness (QED) is 0.0479. The number of carbonyl (C=O) groups is 3. The number of aromatic carboxylic acids is 1. The number of furan rings is 2. The molecule has 14 nitrogen and oxygen atoms in total. The highest BCUT2D eigenvalue weighted by Gasteiger charge is 2.19. The molecule has 288 valence electrons. The molecule has 0 atom stereocenters. The van der Waals surface area contributed by atoms with Crippen molar-refractivity contribution in [2.75, 3.05) is 14.2 Å². The first-order valence-electron chi connectivity index (χ1n) is 16.5. The number of esters is 2. The molecule has 56 heavy (non-hydrogen) atoms. The van der Waals surface area contributed by atoms with Crippen molar-refractivity contribution in [2.45, 2.75) is 27.7 Å². The van der Waals surface area contributed by atoms with E-state index in [0.29, 0.717) is 16.9 Å². The molecule has 0 fully saturated rings. The van der Waals surface area contributed by atoms with Gasteiger partial charge < -0.3 is 38.9 Å². The van der Waals surface area contributed by atoms with Crippen LogP contribution in [-0.2, 0) is 9.47 Å². The van der Waals surface area contributed by atoms with Gasteiger partial charge in [-0.3, -0.25) is 0 Å². The van der Waals surface area contributed by atoms with Crippen molar-refractivity contribution < 1.29 is 56.3 Å². The Hall–Kier alpha value is -7.36. The molecule has 0 aliphatic rings. The third-order valence-electron chi connectivity index (χ3n) is 8.45. The number of halogens is 2. The van der Waals surface area contributed by atoms with E-state index >= 15 is 0 Å². The average Bonchev–Trinajstić information content (AvgIpc) is 3.97. The molecule has 16 heteroatoms. The van der Waals surface area contributed by atoms with Crippen LogP contribution in [0.2, 0.25) is 0 Å². The lowest BCUT2D eigenvalue weighted by molar-refractivity contribution is 0.0586. The first-order chi connectivity index (χ1) is 26.7. The van der Waals surface area contributed by atoms with Gasteiger partial charge in [-0.2, -0.15) is 4.98 Å². The Bertz CT molecular complexity index is 2560. The summed E-state index contributed by atoms with van der Waals surface area (Å²) in [6.07, 6.45) is 0. The number of aromatic nitrogens is 2. The Balaban J connectivity index is 0.000000176. The molecule has 0 aliphatic heterocycles. The summed E-state index contributed by atoms with van der Waals surface area (Å²) in [6.45, 7) is 7.78. The summed E-state index contributed by atoms with van der Waals surface area (Å²) in [5.74, 6) is -3.48. The number of oxime groups is 1. The number of ether oxygens (including phenoxy) is 2. The Labute approximate surface area is 316 Å². The van der Waals surface area contributed by atoms with E-state index < -0.39 is 29.5 Å². The van der Waals surface area contributed by atoms with E-state index in [4.69, 9.17) is 29.4 Å². The summed E-state index contributed by atoms with van der Waals surface area (Å²) in [6, 6.07) is 18.8. The number of fused-ring (bicyclic) bond motifs is 2. The number of carboxylic acids is 1. The van der Waals surface area contributed by atoms with Gasteiger partial charge in [-0.15, -0.1) is 0 Å². The van der Waals surface area contributed by atoms with Gasteiger partial charge in [-0.1, -0.05) is 40.6 Å². The number of carboxylic acid groups (broad SMARTS) is 1. The lowest BCUT2D eigenvalue weighted by Gasteiger charge is -2.03. The second-order valence-electron chi connectivity index (χ2n) is 12.2. The predicted octanol–water partition coefficient (Wildman–Crippen LogP) is 8.15. The first kappa shape index (κ1) is 39.8. The topological polar surface area (TPSA) is 214 Å². The molecule has 4 N–H and O–H groups in total. The maximum Gasteiger partial charge on any atom is 0.371 e. The number of amidine groups is 1. The van der Waals surface area contributed by atoms with Crippen molar-refractivity contribution in [3.05, 3.63) is 129 Å². The zero-order valence-electron chi connectivity index (χ0n) is 30.8. The van der Waals surface area contributed by atoms with Crippen LogP contribution in [-0.4, -0.2) is 58.4 Å². The highest BCUT2D eigenvalue weighted by Crippen LogP contribution is 2.32. The van der Waals surface area contributed by atoms with Gasteiger partial charge in [-0.05, 0) is 92.4 Å². The van der Waals surface area contributed by atoms with E-state index in [9.17, 15) is 23.2 Å². The summed E-state index contributed by atoms with van der Waals surface area (Å²) in [5.41, 5.74) is 10.9. The summed E-state index contributed by atoms with van der Waals surface area (Å²) in [7, 11) is 2.34. The van der Waals surface area contributed by atoms with Crippen molar-refractivity contribution in [1.82, 2.24) is 10.1 Å². The zero-order chi connectivity index (χ0) is 40.8. The number of hydrogen-bond donors (Lipinski definition) is 3. The third kappa shape index (κ3) is 8.38. The molecule has 0 aliphatic carbocycles. The molecule has 7 aromatic rings. The predicted molar refractivity (Wildman–Crippen MR) is 199 cm³/mol. The lowest BCUT2D eigenvalue weighted by Crippen LogP contribution is -2.14. The molecular weight excluding hydrogens is 734 g/mol. The van der Waals surface area contributed by atoms with E-state index in [1.165, 1.54) is 31.4 Å². The third-order valence-corrected chi connectivity index (χ3v) is 8.45. The van der Waals surface area contributed by atoms with Crippen LogP contribution in [0, 0.1) is 39.3 Å². The van der Waals surface area contributed by atoms with E-state index in [0.717, 1.165) is 57.9 Å². The maximum atomic E-state index is 14.1. The minimum atomic E-state index is -1.03. The SMILES string of the molecule is COC(=O)c1ccc(-c2noc(-c3cc4c(C)ccc(C)c4o3)n2)cc1F.COC(=O)c1ccc(/C(N)=N\O)cc1F.Cc1ccc(C)c2oc(C(=O)O)cc12. The smallest absolute Gasteiger partial charge is 0.371 e. The van der Waals surface area contributed by atoms with Gasteiger partial charge in [-0.25, -0.2) is 23.2 Å². The number of nitrogens with zero attached hydrogens (tertiary/aromatic N) is 3. The Morgan fingerprint density at radius 3 is 1.77 bits per heavy atom. The molecule has 0 amide bonds. The fourth-order valence-corrected chi connectivity index (χ4v) is 5.37. The van der Waals surface area contributed by atoms with Crippen molar-refractivity contribution in [3.8, 4) is 23.0 Å². The summed E-state index contributed by atoms with van der Waals surface area (Å²) < 4.78 is 52.7. The monoisotopic (exact) mass is 768 g/mol. The van der Waals surface area contributed by atoms with Crippen LogP contribution in [0.4, 0.5) is 8.78 Å². The second-order valence-corrected chi connectivity index (χ2v) is 12.2. The van der Waals surface area contributed by atoms with Gasteiger partial charge in [0.15, 0.2) is 11.6 Å². The van der Waals surface area contributed by atoms with E-state index in [1.807, 2.05) is 58.0 Å². The van der Waals surface area contributed by atoms with Crippen molar-refractivity contribution in [3.63, 3.8) is 0 Å². The van der Waals surface area contributed by atoms with E-state index in [-0.39, 0.29) is 40.0 Å². The Morgan fingerprint density at radius 2 is 1.27 bits per heavy atom. The molecule has 3 aromatic heterocycles. The Kier molecular flexibility index (Phi) is 11.9. The molecular formula is C40H34F2N4O10.